The highest BCUT2D eigenvalue weighted by molar-refractivity contribution is 5.95. The molecule has 22 heavy (non-hydrogen) atoms. The SMILES string of the molecule is CCc1ccc(-c2nnn(CC(=O)c3ccccc3)n2)cc1. The normalized spacial score (nSPS) is 10.6. The first-order valence-corrected chi connectivity index (χ1v) is 7.21. The molecule has 0 aliphatic heterocycles. The molecule has 0 saturated carbocycles. The maximum absolute atomic E-state index is 12.1. The summed E-state index contributed by atoms with van der Waals surface area (Å²) in [7, 11) is 0. The zero-order valence-electron chi connectivity index (χ0n) is 12.3. The van der Waals surface area contributed by atoms with Crippen molar-refractivity contribution >= 4 is 5.78 Å². The van der Waals surface area contributed by atoms with Crippen LogP contribution in [0, 0.1) is 0 Å². The van der Waals surface area contributed by atoms with Gasteiger partial charge in [0.2, 0.25) is 5.82 Å². The molecule has 1 heterocycles. The van der Waals surface area contributed by atoms with Crippen LogP contribution in [0.15, 0.2) is 54.6 Å². The Labute approximate surface area is 128 Å². The minimum atomic E-state index is -0.0362. The van der Waals surface area contributed by atoms with Gasteiger partial charge in [-0.2, -0.15) is 4.80 Å². The van der Waals surface area contributed by atoms with Crippen LogP contribution in [-0.2, 0) is 13.0 Å². The molecule has 0 saturated heterocycles. The topological polar surface area (TPSA) is 60.7 Å². The van der Waals surface area contributed by atoms with Crippen LogP contribution in [0.5, 0.6) is 0 Å². The summed E-state index contributed by atoms with van der Waals surface area (Å²) in [4.78, 5) is 13.4. The number of hydrogen-bond acceptors (Lipinski definition) is 4. The number of benzene rings is 2. The molecule has 110 valence electrons. The number of aryl methyl sites for hydroxylation is 1. The van der Waals surface area contributed by atoms with E-state index in [0.717, 1.165) is 12.0 Å². The third-order valence-corrected chi connectivity index (χ3v) is 3.45. The fourth-order valence-electron chi connectivity index (χ4n) is 2.16. The van der Waals surface area contributed by atoms with E-state index in [0.29, 0.717) is 11.4 Å². The Bertz CT molecular complexity index is 763. The summed E-state index contributed by atoms with van der Waals surface area (Å²) in [6.45, 7) is 2.20. The lowest BCUT2D eigenvalue weighted by Crippen LogP contribution is -2.13. The molecule has 3 aromatic rings. The van der Waals surface area contributed by atoms with Crippen molar-refractivity contribution in [2.45, 2.75) is 19.9 Å². The molecule has 5 heteroatoms. The van der Waals surface area contributed by atoms with Gasteiger partial charge in [0, 0.05) is 11.1 Å². The zero-order chi connectivity index (χ0) is 15.4. The number of carbonyl (C=O) groups excluding carboxylic acids is 1. The van der Waals surface area contributed by atoms with Crippen LogP contribution in [0.2, 0.25) is 0 Å². The second-order valence-electron chi connectivity index (χ2n) is 4.98. The second kappa shape index (κ2) is 6.30. The number of aromatic nitrogens is 4. The third-order valence-electron chi connectivity index (χ3n) is 3.45. The molecule has 1 aromatic heterocycles. The monoisotopic (exact) mass is 292 g/mol. The number of Topliss-reactive ketones (excluding diaryl/α,β-unsaturated/α-hetero) is 1. The van der Waals surface area contributed by atoms with Gasteiger partial charge in [-0.1, -0.05) is 61.5 Å². The summed E-state index contributed by atoms with van der Waals surface area (Å²) in [5, 5.41) is 12.2. The maximum Gasteiger partial charge on any atom is 0.204 e. The first kappa shape index (κ1) is 14.1. The van der Waals surface area contributed by atoms with Gasteiger partial charge in [0.25, 0.3) is 0 Å². The van der Waals surface area contributed by atoms with Crippen molar-refractivity contribution in [2.24, 2.45) is 0 Å². The predicted molar refractivity (Wildman–Crippen MR) is 83.4 cm³/mol. The van der Waals surface area contributed by atoms with E-state index in [1.807, 2.05) is 42.5 Å². The molecule has 0 unspecified atom stereocenters. The molecule has 0 amide bonds. The van der Waals surface area contributed by atoms with Crippen molar-refractivity contribution < 1.29 is 4.79 Å². The van der Waals surface area contributed by atoms with Gasteiger partial charge in [0.05, 0.1) is 0 Å². The summed E-state index contributed by atoms with van der Waals surface area (Å²) < 4.78 is 0. The Hall–Kier alpha value is -2.82. The molecule has 0 N–H and O–H groups in total. The van der Waals surface area contributed by atoms with Crippen LogP contribution in [-0.4, -0.2) is 26.0 Å². The van der Waals surface area contributed by atoms with Gasteiger partial charge in [-0.25, -0.2) is 0 Å². The van der Waals surface area contributed by atoms with Crippen LogP contribution < -0.4 is 0 Å². The van der Waals surface area contributed by atoms with Crippen molar-refractivity contribution in [1.82, 2.24) is 20.2 Å². The zero-order valence-corrected chi connectivity index (χ0v) is 12.3. The van der Waals surface area contributed by atoms with Crippen LogP contribution in [0.3, 0.4) is 0 Å². The Morgan fingerprint density at radius 1 is 1.05 bits per heavy atom. The lowest BCUT2D eigenvalue weighted by Gasteiger charge is -1.99. The van der Waals surface area contributed by atoms with Gasteiger partial charge in [-0.15, -0.1) is 10.2 Å². The van der Waals surface area contributed by atoms with Crippen LogP contribution >= 0.6 is 0 Å². The van der Waals surface area contributed by atoms with Crippen molar-refractivity contribution in [3.63, 3.8) is 0 Å². The Morgan fingerprint density at radius 2 is 1.77 bits per heavy atom. The smallest absolute Gasteiger partial charge is 0.204 e. The van der Waals surface area contributed by atoms with Crippen LogP contribution in [0.1, 0.15) is 22.8 Å². The molecule has 0 aliphatic rings. The molecular formula is C17H16N4O. The summed E-state index contributed by atoms with van der Waals surface area (Å²) >= 11 is 0. The lowest BCUT2D eigenvalue weighted by molar-refractivity contribution is 0.0961. The van der Waals surface area contributed by atoms with Gasteiger partial charge >= 0.3 is 0 Å². The number of rotatable bonds is 5. The molecular weight excluding hydrogens is 276 g/mol. The van der Waals surface area contributed by atoms with Gasteiger partial charge in [0.1, 0.15) is 6.54 Å². The van der Waals surface area contributed by atoms with E-state index in [1.54, 1.807) is 12.1 Å². The molecule has 0 fully saturated rings. The van der Waals surface area contributed by atoms with Gasteiger partial charge in [-0.05, 0) is 17.2 Å². The molecule has 0 atom stereocenters. The predicted octanol–water partition coefficient (Wildman–Crippen LogP) is 2.79. The van der Waals surface area contributed by atoms with E-state index in [4.69, 9.17) is 0 Å². The molecule has 0 radical (unpaired) electrons. The van der Waals surface area contributed by atoms with E-state index in [9.17, 15) is 4.79 Å². The molecule has 0 spiro atoms. The first-order chi connectivity index (χ1) is 10.8. The standard InChI is InChI=1S/C17H16N4O/c1-2-13-8-10-15(11-9-13)17-18-20-21(19-17)12-16(22)14-6-4-3-5-7-14/h3-11H,2,12H2,1H3. The Kier molecular flexibility index (Phi) is 4.05. The van der Waals surface area contributed by atoms with E-state index >= 15 is 0 Å². The number of nitrogens with zero attached hydrogens (tertiary/aromatic N) is 4. The molecule has 0 bridgehead atoms. The highest BCUT2D eigenvalue weighted by atomic mass is 16.1. The van der Waals surface area contributed by atoms with Gasteiger partial charge in [0.15, 0.2) is 5.78 Å². The fraction of sp³-hybridized carbons (Fsp3) is 0.176. The van der Waals surface area contributed by atoms with E-state index in [-0.39, 0.29) is 12.3 Å². The van der Waals surface area contributed by atoms with Crippen LogP contribution in [0.25, 0.3) is 11.4 Å². The summed E-state index contributed by atoms with van der Waals surface area (Å²) in [5.74, 6) is 0.495. The van der Waals surface area contributed by atoms with Crippen molar-refractivity contribution in [2.75, 3.05) is 0 Å². The largest absolute Gasteiger partial charge is 0.292 e. The molecule has 5 nitrogen and oxygen atoms in total. The minimum Gasteiger partial charge on any atom is -0.292 e. The summed E-state index contributed by atoms with van der Waals surface area (Å²) in [6.07, 6.45) is 0.992. The lowest BCUT2D eigenvalue weighted by atomic mass is 10.1. The van der Waals surface area contributed by atoms with E-state index < -0.39 is 0 Å². The van der Waals surface area contributed by atoms with Crippen molar-refractivity contribution in [1.29, 1.82) is 0 Å². The van der Waals surface area contributed by atoms with Gasteiger partial charge < -0.3 is 0 Å². The van der Waals surface area contributed by atoms with Crippen molar-refractivity contribution in [3.8, 4) is 11.4 Å². The average Bonchev–Trinajstić information content (AvgIpc) is 3.04. The summed E-state index contributed by atoms with van der Waals surface area (Å²) in [6, 6.07) is 17.1. The van der Waals surface area contributed by atoms with Crippen LogP contribution in [0.4, 0.5) is 0 Å². The highest BCUT2D eigenvalue weighted by Gasteiger charge is 2.10. The second-order valence-corrected chi connectivity index (χ2v) is 4.98. The first-order valence-electron chi connectivity index (χ1n) is 7.21. The average molecular weight is 292 g/mol. The number of carbonyl (C=O) groups is 1. The highest BCUT2D eigenvalue weighted by Crippen LogP contribution is 2.14. The quantitative estimate of drug-likeness (QED) is 0.678. The minimum absolute atomic E-state index is 0.0362. The van der Waals surface area contributed by atoms with Gasteiger partial charge in [-0.3, -0.25) is 4.79 Å². The fourth-order valence-corrected chi connectivity index (χ4v) is 2.16. The number of tetrazole rings is 1. The Balaban J connectivity index is 1.74. The van der Waals surface area contributed by atoms with E-state index in [1.165, 1.54) is 10.4 Å². The Morgan fingerprint density at radius 3 is 2.45 bits per heavy atom. The molecule has 0 aliphatic carbocycles. The maximum atomic E-state index is 12.1. The third kappa shape index (κ3) is 3.09. The molecule has 3 rings (SSSR count). The molecule has 2 aromatic carbocycles. The summed E-state index contributed by atoms with van der Waals surface area (Å²) in [5.41, 5.74) is 2.81. The van der Waals surface area contributed by atoms with Crippen molar-refractivity contribution in [3.05, 3.63) is 65.7 Å². The number of hydrogen-bond donors (Lipinski definition) is 0. The van der Waals surface area contributed by atoms with E-state index in [2.05, 4.69) is 22.3 Å². The number of ketones is 1.